The largest absolute Gasteiger partial charge is 0.416 e. The first-order chi connectivity index (χ1) is 9.59. The normalized spacial score (nSPS) is 27.4. The molecule has 2 aliphatic rings. The van der Waals surface area contributed by atoms with Crippen molar-refractivity contribution in [3.8, 4) is 0 Å². The second-order valence-corrected chi connectivity index (χ2v) is 8.49. The molecule has 0 heterocycles. The molecule has 0 amide bonds. The molecule has 0 bridgehead atoms. The maximum Gasteiger partial charge on any atom is 0.416 e. The van der Waals surface area contributed by atoms with Gasteiger partial charge < -0.3 is 0 Å². The Hall–Kier alpha value is -1.17. The average molecular weight is 315 g/mol. The number of hydrogen-bond donors (Lipinski definition) is 0. The lowest BCUT2D eigenvalue weighted by atomic mass is 10.0. The highest BCUT2D eigenvalue weighted by molar-refractivity contribution is 7.85. The first-order valence-corrected chi connectivity index (χ1v) is 7.92. The quantitative estimate of drug-likeness (QED) is 0.768. The summed E-state index contributed by atoms with van der Waals surface area (Å²) in [6.45, 7) is 5.50. The molecule has 0 saturated heterocycles. The van der Waals surface area contributed by atoms with Gasteiger partial charge in [-0.1, -0.05) is 6.07 Å². The third-order valence-electron chi connectivity index (χ3n) is 3.90. The molecule has 0 spiro atoms. The average Bonchev–Trinajstić information content (AvgIpc) is 3.07. The fraction of sp³-hybridized carbons (Fsp3) is 0.533. The highest BCUT2D eigenvalue weighted by Crippen LogP contribution is 2.57. The number of hydrogen-bond acceptors (Lipinski definition) is 1. The van der Waals surface area contributed by atoms with Gasteiger partial charge in [0.15, 0.2) is 0 Å². The van der Waals surface area contributed by atoms with E-state index in [1.165, 1.54) is 12.1 Å². The molecule has 0 radical (unpaired) electrons. The molecule has 3 rings (SSSR count). The van der Waals surface area contributed by atoms with Gasteiger partial charge in [0.05, 0.1) is 16.0 Å². The van der Waals surface area contributed by atoms with Crippen LogP contribution in [0.5, 0.6) is 0 Å². The molecule has 114 valence electrons. The second kappa shape index (κ2) is 4.41. The van der Waals surface area contributed by atoms with Gasteiger partial charge in [0.25, 0.3) is 0 Å². The van der Waals surface area contributed by atoms with Crippen molar-refractivity contribution in [2.45, 2.75) is 44.0 Å². The fourth-order valence-electron chi connectivity index (χ4n) is 2.66. The molecule has 2 nitrogen and oxygen atoms in total. The van der Waals surface area contributed by atoms with Crippen molar-refractivity contribution in [3.63, 3.8) is 0 Å². The van der Waals surface area contributed by atoms with Gasteiger partial charge in [0.2, 0.25) is 0 Å². The van der Waals surface area contributed by atoms with Gasteiger partial charge in [-0.15, -0.1) is 0 Å². The monoisotopic (exact) mass is 315 g/mol. The number of rotatable bonds is 1. The summed E-state index contributed by atoms with van der Waals surface area (Å²) in [6, 6.07) is 3.78. The van der Waals surface area contributed by atoms with E-state index in [-0.39, 0.29) is 11.8 Å². The van der Waals surface area contributed by atoms with Crippen LogP contribution in [0.4, 0.5) is 13.2 Å². The molecule has 3 atom stereocenters. The first-order valence-electron chi connectivity index (χ1n) is 6.81. The van der Waals surface area contributed by atoms with Crippen molar-refractivity contribution >= 4 is 16.7 Å². The summed E-state index contributed by atoms with van der Waals surface area (Å²) in [5.41, 5.74) is 1.54. The van der Waals surface area contributed by atoms with E-state index in [9.17, 15) is 17.4 Å². The summed E-state index contributed by atoms with van der Waals surface area (Å²) < 4.78 is 54.4. The summed E-state index contributed by atoms with van der Waals surface area (Å²) in [7, 11) is -1.39. The van der Waals surface area contributed by atoms with Crippen molar-refractivity contribution in [1.82, 2.24) is 0 Å². The van der Waals surface area contributed by atoms with Crippen molar-refractivity contribution in [1.29, 1.82) is 0 Å². The minimum absolute atomic E-state index is 0.123. The lowest BCUT2D eigenvalue weighted by molar-refractivity contribution is -0.137. The molecule has 0 N–H and O–H groups in total. The number of nitrogens with zero attached hydrogens (tertiary/aromatic N) is 1. The third kappa shape index (κ3) is 2.54. The van der Waals surface area contributed by atoms with Crippen molar-refractivity contribution in [3.05, 3.63) is 34.9 Å². The molecule has 1 aromatic carbocycles. The smallest absolute Gasteiger partial charge is 0.234 e. The van der Waals surface area contributed by atoms with Crippen LogP contribution in [-0.4, -0.2) is 14.7 Å². The van der Waals surface area contributed by atoms with Crippen molar-refractivity contribution < 1.29 is 17.4 Å². The molecule has 6 heteroatoms. The van der Waals surface area contributed by atoms with E-state index < -0.39 is 27.5 Å². The minimum Gasteiger partial charge on any atom is -0.234 e. The van der Waals surface area contributed by atoms with Gasteiger partial charge in [-0.2, -0.15) is 17.6 Å². The lowest BCUT2D eigenvalue weighted by Gasteiger charge is -2.15. The SMILES string of the molecule is CC(C)(C)[S@@](=O)/N=C1\c2ccc(C(F)(F)F)cc2C2CC12. The highest BCUT2D eigenvalue weighted by atomic mass is 32.2. The molecule has 21 heavy (non-hydrogen) atoms. The van der Waals surface area contributed by atoms with Crippen LogP contribution in [0.1, 0.15) is 49.8 Å². The molecule has 2 aliphatic carbocycles. The Labute approximate surface area is 124 Å². The fourth-order valence-corrected chi connectivity index (χ4v) is 3.35. The van der Waals surface area contributed by atoms with Gasteiger partial charge in [0, 0.05) is 11.5 Å². The predicted octanol–water partition coefficient (Wildman–Crippen LogP) is 4.07. The molecule has 2 unspecified atom stereocenters. The van der Waals surface area contributed by atoms with Crippen LogP contribution in [-0.2, 0) is 17.2 Å². The Bertz CT molecular complexity index is 658. The summed E-state index contributed by atoms with van der Waals surface area (Å²) >= 11 is 0. The van der Waals surface area contributed by atoms with E-state index >= 15 is 0 Å². The van der Waals surface area contributed by atoms with Crippen LogP contribution in [0.3, 0.4) is 0 Å². The maximum atomic E-state index is 12.8. The highest BCUT2D eigenvalue weighted by Gasteiger charge is 2.51. The second-order valence-electron chi connectivity index (χ2n) is 6.59. The number of alkyl halides is 3. The van der Waals surface area contributed by atoms with Crippen LogP contribution < -0.4 is 0 Å². The van der Waals surface area contributed by atoms with Crippen LogP contribution in [0, 0.1) is 5.92 Å². The Kier molecular flexibility index (Phi) is 3.10. The summed E-state index contributed by atoms with van der Waals surface area (Å²) in [6.07, 6.45) is -3.51. The molecule has 1 aromatic rings. The molecule has 0 aliphatic heterocycles. The zero-order valence-electron chi connectivity index (χ0n) is 12.0. The Balaban J connectivity index is 2.01. The molecule has 1 fully saturated rings. The number of halogens is 3. The lowest BCUT2D eigenvalue weighted by Crippen LogP contribution is -2.21. The Morgan fingerprint density at radius 3 is 2.43 bits per heavy atom. The third-order valence-corrected chi connectivity index (χ3v) is 5.31. The van der Waals surface area contributed by atoms with E-state index in [4.69, 9.17) is 0 Å². The van der Waals surface area contributed by atoms with E-state index in [0.29, 0.717) is 5.56 Å². The van der Waals surface area contributed by atoms with E-state index in [0.717, 1.165) is 23.8 Å². The minimum atomic E-state index is -4.33. The number of benzene rings is 1. The Morgan fingerprint density at radius 1 is 1.19 bits per heavy atom. The molecule has 1 saturated carbocycles. The molecular formula is C15H16F3NOS. The van der Waals surface area contributed by atoms with Gasteiger partial charge in [0.1, 0.15) is 11.0 Å². The molecular weight excluding hydrogens is 299 g/mol. The van der Waals surface area contributed by atoms with E-state index in [2.05, 4.69) is 4.40 Å². The summed E-state index contributed by atoms with van der Waals surface area (Å²) in [4.78, 5) is 0. The first kappa shape index (κ1) is 14.8. The van der Waals surface area contributed by atoms with Gasteiger partial charge in [-0.05, 0) is 50.8 Å². The van der Waals surface area contributed by atoms with Crippen LogP contribution >= 0.6 is 0 Å². The van der Waals surface area contributed by atoms with Crippen LogP contribution in [0.25, 0.3) is 0 Å². The topological polar surface area (TPSA) is 29.4 Å². The van der Waals surface area contributed by atoms with Gasteiger partial charge in [-0.3, -0.25) is 0 Å². The predicted molar refractivity (Wildman–Crippen MR) is 76.7 cm³/mol. The zero-order chi connectivity index (χ0) is 15.6. The standard InChI is InChI=1S/C15H16F3NOS/c1-14(2,3)21(20)19-13-9-5-4-8(15(16,17)18)6-10(9)11-7-12(11)13/h4-6,11-12H,7H2,1-3H3/b19-13+/t11?,12?,21-/m1/s1. The summed E-state index contributed by atoms with van der Waals surface area (Å²) in [5, 5.41) is 0. The Morgan fingerprint density at radius 2 is 1.86 bits per heavy atom. The van der Waals surface area contributed by atoms with Gasteiger partial charge in [-0.25, -0.2) is 4.21 Å². The van der Waals surface area contributed by atoms with Crippen molar-refractivity contribution in [2.24, 2.45) is 10.3 Å². The number of fused-ring (bicyclic) bond motifs is 3. The zero-order valence-corrected chi connectivity index (χ0v) is 12.8. The van der Waals surface area contributed by atoms with Crippen LogP contribution in [0.15, 0.2) is 22.6 Å². The van der Waals surface area contributed by atoms with Crippen LogP contribution in [0.2, 0.25) is 0 Å². The van der Waals surface area contributed by atoms with E-state index in [1.807, 2.05) is 20.8 Å². The van der Waals surface area contributed by atoms with E-state index in [1.54, 1.807) is 0 Å². The molecule has 0 aromatic heterocycles. The van der Waals surface area contributed by atoms with Crippen molar-refractivity contribution in [2.75, 3.05) is 0 Å². The summed E-state index contributed by atoms with van der Waals surface area (Å²) in [5.74, 6) is 0.271. The maximum absolute atomic E-state index is 12.8. The van der Waals surface area contributed by atoms with Gasteiger partial charge >= 0.3 is 6.18 Å².